The van der Waals surface area contributed by atoms with Crippen LogP contribution in [-0.2, 0) is 4.79 Å². The summed E-state index contributed by atoms with van der Waals surface area (Å²) < 4.78 is 0. The second-order valence-corrected chi connectivity index (χ2v) is 6.52. The van der Waals surface area contributed by atoms with Gasteiger partial charge in [0.15, 0.2) is 0 Å². The largest absolute Gasteiger partial charge is 0.370 e. The zero-order valence-corrected chi connectivity index (χ0v) is 14.5. The maximum Gasteiger partial charge on any atom is 0.217 e. The lowest BCUT2D eigenvalue weighted by Crippen LogP contribution is -2.09. The van der Waals surface area contributed by atoms with Gasteiger partial charge < -0.3 is 5.73 Å². The van der Waals surface area contributed by atoms with Gasteiger partial charge in [-0.05, 0) is 6.42 Å². The number of amides is 1. The van der Waals surface area contributed by atoms with Crippen molar-refractivity contribution in [3.63, 3.8) is 0 Å². The Balaban J connectivity index is 2.95. The van der Waals surface area contributed by atoms with Crippen LogP contribution < -0.4 is 5.73 Å². The molecule has 0 aliphatic carbocycles. The summed E-state index contributed by atoms with van der Waals surface area (Å²) >= 11 is 0. The second-order valence-electron chi connectivity index (χ2n) is 6.52. The van der Waals surface area contributed by atoms with E-state index in [1.807, 2.05) is 0 Å². The third kappa shape index (κ3) is 19.5. The third-order valence-electron chi connectivity index (χ3n) is 4.28. The first-order valence-electron chi connectivity index (χ1n) is 9.55. The van der Waals surface area contributed by atoms with Crippen LogP contribution in [0.2, 0.25) is 0 Å². The van der Waals surface area contributed by atoms with Crippen LogP contribution in [0.15, 0.2) is 0 Å². The molecule has 21 heavy (non-hydrogen) atoms. The Kier molecular flexibility index (Phi) is 17.1. The van der Waals surface area contributed by atoms with Crippen molar-refractivity contribution in [1.29, 1.82) is 0 Å². The first-order chi connectivity index (χ1) is 10.3. The Morgan fingerprint density at radius 3 is 1.14 bits per heavy atom. The summed E-state index contributed by atoms with van der Waals surface area (Å²) in [6.45, 7) is 2.28. The molecule has 0 atom stereocenters. The topological polar surface area (TPSA) is 43.1 Å². The van der Waals surface area contributed by atoms with Crippen LogP contribution in [0.5, 0.6) is 0 Å². The molecule has 0 rings (SSSR count). The van der Waals surface area contributed by atoms with Gasteiger partial charge in [-0.15, -0.1) is 0 Å². The first kappa shape index (κ1) is 20.5. The van der Waals surface area contributed by atoms with Crippen molar-refractivity contribution < 1.29 is 4.79 Å². The number of unbranched alkanes of at least 4 members (excludes halogenated alkanes) is 15. The van der Waals surface area contributed by atoms with E-state index < -0.39 is 0 Å². The van der Waals surface area contributed by atoms with Crippen molar-refractivity contribution in [2.75, 3.05) is 0 Å². The van der Waals surface area contributed by atoms with Gasteiger partial charge in [-0.1, -0.05) is 103 Å². The third-order valence-corrected chi connectivity index (χ3v) is 4.28. The highest BCUT2D eigenvalue weighted by atomic mass is 16.1. The van der Waals surface area contributed by atoms with Crippen LogP contribution in [-0.4, -0.2) is 5.91 Å². The smallest absolute Gasteiger partial charge is 0.217 e. The number of hydrogen-bond acceptors (Lipinski definition) is 1. The van der Waals surface area contributed by atoms with Crippen molar-refractivity contribution >= 4 is 5.91 Å². The van der Waals surface area contributed by atoms with Gasteiger partial charge in [-0.25, -0.2) is 0 Å². The molecule has 0 spiro atoms. The van der Waals surface area contributed by atoms with Crippen LogP contribution in [0.25, 0.3) is 0 Å². The predicted octanol–water partition coefficient (Wildman–Crippen LogP) is 6.12. The van der Waals surface area contributed by atoms with Crippen LogP contribution in [0.3, 0.4) is 0 Å². The Hall–Kier alpha value is -0.530. The predicted molar refractivity (Wildman–Crippen MR) is 93.4 cm³/mol. The van der Waals surface area contributed by atoms with Crippen molar-refractivity contribution in [1.82, 2.24) is 0 Å². The summed E-state index contributed by atoms with van der Waals surface area (Å²) in [6.07, 6.45) is 22.4. The highest BCUT2D eigenvalue weighted by Crippen LogP contribution is 2.13. The van der Waals surface area contributed by atoms with Gasteiger partial charge in [0, 0.05) is 6.42 Å². The molecule has 0 aromatic rings. The molecule has 0 aliphatic rings. The van der Waals surface area contributed by atoms with Crippen LogP contribution >= 0.6 is 0 Å². The molecule has 0 saturated heterocycles. The first-order valence-corrected chi connectivity index (χ1v) is 9.55. The molecule has 0 aliphatic heterocycles. The zero-order valence-electron chi connectivity index (χ0n) is 14.5. The Labute approximate surface area is 133 Å². The summed E-state index contributed by atoms with van der Waals surface area (Å²) in [4.78, 5) is 10.6. The fourth-order valence-electron chi connectivity index (χ4n) is 2.85. The van der Waals surface area contributed by atoms with Crippen LogP contribution in [0.1, 0.15) is 116 Å². The number of carbonyl (C=O) groups is 1. The van der Waals surface area contributed by atoms with Crippen molar-refractivity contribution in [3.05, 3.63) is 0 Å². The molecule has 0 aromatic heterocycles. The average Bonchev–Trinajstić information content (AvgIpc) is 2.46. The molecule has 2 nitrogen and oxygen atoms in total. The molecule has 0 radical (unpaired) electrons. The van der Waals surface area contributed by atoms with Crippen molar-refractivity contribution in [2.24, 2.45) is 5.73 Å². The minimum atomic E-state index is -0.152. The van der Waals surface area contributed by atoms with E-state index in [2.05, 4.69) is 6.92 Å². The molecule has 1 amide bonds. The van der Waals surface area contributed by atoms with E-state index in [1.54, 1.807) is 0 Å². The summed E-state index contributed by atoms with van der Waals surface area (Å²) in [5.41, 5.74) is 5.11. The van der Waals surface area contributed by atoms with Gasteiger partial charge in [0.25, 0.3) is 0 Å². The van der Waals surface area contributed by atoms with E-state index in [4.69, 9.17) is 5.73 Å². The number of primary amides is 1. The van der Waals surface area contributed by atoms with E-state index in [0.717, 1.165) is 6.42 Å². The van der Waals surface area contributed by atoms with Crippen LogP contribution in [0, 0.1) is 0 Å². The Bertz CT molecular complexity index is 216. The van der Waals surface area contributed by atoms with E-state index in [9.17, 15) is 4.79 Å². The fourth-order valence-corrected chi connectivity index (χ4v) is 2.85. The zero-order chi connectivity index (χ0) is 15.6. The Morgan fingerprint density at radius 2 is 0.857 bits per heavy atom. The van der Waals surface area contributed by atoms with Gasteiger partial charge in [0.05, 0.1) is 0 Å². The van der Waals surface area contributed by atoms with E-state index >= 15 is 0 Å². The van der Waals surface area contributed by atoms with Gasteiger partial charge in [0.2, 0.25) is 5.91 Å². The number of rotatable bonds is 17. The maximum atomic E-state index is 10.6. The molecular formula is C19H39NO. The molecule has 0 fully saturated rings. The van der Waals surface area contributed by atoms with Gasteiger partial charge in [-0.2, -0.15) is 0 Å². The number of carbonyl (C=O) groups excluding carboxylic acids is 1. The lowest BCUT2D eigenvalue weighted by Gasteiger charge is -2.03. The molecule has 0 unspecified atom stereocenters. The van der Waals surface area contributed by atoms with Gasteiger partial charge >= 0.3 is 0 Å². The maximum absolute atomic E-state index is 10.6. The van der Waals surface area contributed by atoms with Gasteiger partial charge in [-0.3, -0.25) is 4.79 Å². The molecule has 2 heteroatoms. The standard InChI is InChI=1S/C19H39NO/c1-2-3-4-5-6-7-8-9-10-11-12-13-14-15-16-17-18-19(20)21/h2-18H2,1H3,(H2,20,21). The summed E-state index contributed by atoms with van der Waals surface area (Å²) in [5, 5.41) is 0. The highest BCUT2D eigenvalue weighted by molar-refractivity contribution is 5.73. The molecule has 0 bridgehead atoms. The molecule has 126 valence electrons. The van der Waals surface area contributed by atoms with E-state index in [0.29, 0.717) is 6.42 Å². The SMILES string of the molecule is CCCCCCCCCCCCCCCCCCC(N)=O. The monoisotopic (exact) mass is 297 g/mol. The lowest BCUT2D eigenvalue weighted by molar-refractivity contribution is -0.118. The summed E-state index contributed by atoms with van der Waals surface area (Å²) in [5.74, 6) is -0.152. The number of nitrogens with two attached hydrogens (primary N) is 1. The average molecular weight is 298 g/mol. The molecule has 0 heterocycles. The minimum absolute atomic E-state index is 0.152. The molecular weight excluding hydrogens is 258 g/mol. The van der Waals surface area contributed by atoms with E-state index in [1.165, 1.54) is 96.3 Å². The molecule has 0 saturated carbocycles. The minimum Gasteiger partial charge on any atom is -0.370 e. The Morgan fingerprint density at radius 1 is 0.571 bits per heavy atom. The fraction of sp³-hybridized carbons (Fsp3) is 0.947. The summed E-state index contributed by atoms with van der Waals surface area (Å²) in [6, 6.07) is 0. The normalized spacial score (nSPS) is 10.9. The second kappa shape index (κ2) is 17.5. The lowest BCUT2D eigenvalue weighted by atomic mass is 10.0. The number of hydrogen-bond donors (Lipinski definition) is 1. The summed E-state index contributed by atoms with van der Waals surface area (Å²) in [7, 11) is 0. The van der Waals surface area contributed by atoms with E-state index in [-0.39, 0.29) is 5.91 Å². The van der Waals surface area contributed by atoms with Crippen LogP contribution in [0.4, 0.5) is 0 Å². The van der Waals surface area contributed by atoms with Crippen molar-refractivity contribution in [3.8, 4) is 0 Å². The van der Waals surface area contributed by atoms with Crippen molar-refractivity contribution in [2.45, 2.75) is 116 Å². The molecule has 0 aromatic carbocycles. The highest BCUT2D eigenvalue weighted by Gasteiger charge is 1.96. The molecule has 2 N–H and O–H groups in total. The van der Waals surface area contributed by atoms with Gasteiger partial charge in [0.1, 0.15) is 0 Å². The quantitative estimate of drug-likeness (QED) is 0.323.